The molecule has 1 aromatic rings. The van der Waals surface area contributed by atoms with Gasteiger partial charge in [-0.15, -0.1) is 11.8 Å². The van der Waals surface area contributed by atoms with E-state index in [0.29, 0.717) is 16.6 Å². The summed E-state index contributed by atoms with van der Waals surface area (Å²) in [7, 11) is 0. The summed E-state index contributed by atoms with van der Waals surface area (Å²) in [6.07, 6.45) is 0.0353. The Labute approximate surface area is 131 Å². The number of benzene rings is 1. The van der Waals surface area contributed by atoms with E-state index in [2.05, 4.69) is 5.32 Å². The van der Waals surface area contributed by atoms with Gasteiger partial charge in [0.15, 0.2) is 0 Å². The number of halogens is 2. The van der Waals surface area contributed by atoms with Gasteiger partial charge in [-0.25, -0.2) is 0 Å². The molecule has 0 aliphatic carbocycles. The minimum Gasteiger partial charge on any atom is -0.481 e. The normalized spacial score (nSPS) is 11.9. The molecule has 0 bridgehead atoms. The summed E-state index contributed by atoms with van der Waals surface area (Å²) >= 11 is 13.1. The fourth-order valence-electron chi connectivity index (χ4n) is 1.44. The Morgan fingerprint density at radius 3 is 2.75 bits per heavy atom. The maximum absolute atomic E-state index is 11.6. The number of thioether (sulfide) groups is 1. The molecule has 0 saturated heterocycles. The highest BCUT2D eigenvalue weighted by Gasteiger charge is 2.10. The van der Waals surface area contributed by atoms with Crippen LogP contribution < -0.4 is 5.32 Å². The second-order valence-corrected chi connectivity index (χ2v) is 6.23. The number of carboxylic acids is 1. The van der Waals surface area contributed by atoms with Crippen molar-refractivity contribution < 1.29 is 14.7 Å². The van der Waals surface area contributed by atoms with Gasteiger partial charge in [-0.2, -0.15) is 0 Å². The van der Waals surface area contributed by atoms with Crippen LogP contribution in [0, 0.1) is 5.92 Å². The zero-order valence-corrected chi connectivity index (χ0v) is 13.2. The van der Waals surface area contributed by atoms with E-state index >= 15 is 0 Å². The molecule has 1 rings (SSSR count). The van der Waals surface area contributed by atoms with E-state index in [0.717, 1.165) is 4.90 Å². The molecule has 0 heterocycles. The second kappa shape index (κ2) is 8.39. The van der Waals surface area contributed by atoms with Crippen molar-refractivity contribution in [3.63, 3.8) is 0 Å². The topological polar surface area (TPSA) is 66.4 Å². The third kappa shape index (κ3) is 6.50. The average Bonchev–Trinajstić information content (AvgIpc) is 2.36. The molecule has 7 heteroatoms. The Balaban J connectivity index is 2.36. The van der Waals surface area contributed by atoms with Crippen molar-refractivity contribution in [2.75, 3.05) is 12.3 Å². The zero-order valence-electron chi connectivity index (χ0n) is 10.9. The maximum Gasteiger partial charge on any atom is 0.303 e. The summed E-state index contributed by atoms with van der Waals surface area (Å²) in [6.45, 7) is 2.12. The Morgan fingerprint density at radius 1 is 1.40 bits per heavy atom. The molecule has 0 fully saturated rings. The van der Waals surface area contributed by atoms with Gasteiger partial charge in [-0.3, -0.25) is 9.59 Å². The first-order valence-corrected chi connectivity index (χ1v) is 7.69. The molecule has 1 unspecified atom stereocenters. The first-order chi connectivity index (χ1) is 9.38. The first kappa shape index (κ1) is 17.1. The van der Waals surface area contributed by atoms with Crippen LogP contribution in [0.5, 0.6) is 0 Å². The highest BCUT2D eigenvalue weighted by Crippen LogP contribution is 2.29. The lowest BCUT2D eigenvalue weighted by molar-refractivity contribution is -0.138. The molecule has 0 saturated carbocycles. The van der Waals surface area contributed by atoms with E-state index in [1.807, 2.05) is 0 Å². The lowest BCUT2D eigenvalue weighted by Crippen LogP contribution is -2.30. The van der Waals surface area contributed by atoms with E-state index in [-0.39, 0.29) is 24.0 Å². The van der Waals surface area contributed by atoms with Gasteiger partial charge in [0.2, 0.25) is 5.91 Å². The van der Waals surface area contributed by atoms with Crippen LogP contribution in [0.3, 0.4) is 0 Å². The third-order valence-corrected chi connectivity index (χ3v) is 4.15. The fourth-order valence-corrected chi connectivity index (χ4v) is 2.76. The number of rotatable bonds is 7. The number of hydrogen-bond donors (Lipinski definition) is 2. The quantitative estimate of drug-likeness (QED) is 0.750. The third-order valence-electron chi connectivity index (χ3n) is 2.42. The molecule has 0 aliphatic rings. The Bertz CT molecular complexity index is 497. The largest absolute Gasteiger partial charge is 0.481 e. The summed E-state index contributed by atoms with van der Waals surface area (Å²) in [6, 6.07) is 5.07. The van der Waals surface area contributed by atoms with Gasteiger partial charge in [-0.1, -0.05) is 30.1 Å². The molecular weight excluding hydrogens is 321 g/mol. The van der Waals surface area contributed by atoms with Gasteiger partial charge in [0, 0.05) is 22.9 Å². The molecule has 0 aliphatic heterocycles. The molecule has 20 heavy (non-hydrogen) atoms. The standard InChI is InChI=1S/C13H15Cl2NO3S/c1-8(4-13(18)19)6-16-12(17)7-20-11-5-9(14)2-3-10(11)15/h2-3,5,8H,4,6-7H2,1H3,(H,16,17)(H,18,19). The maximum atomic E-state index is 11.6. The van der Waals surface area contributed by atoms with E-state index in [1.54, 1.807) is 25.1 Å². The van der Waals surface area contributed by atoms with Crippen LogP contribution in [0.4, 0.5) is 0 Å². The number of hydrogen-bond acceptors (Lipinski definition) is 3. The molecule has 0 radical (unpaired) electrons. The number of nitrogens with one attached hydrogen (secondary N) is 1. The van der Waals surface area contributed by atoms with Gasteiger partial charge in [0.25, 0.3) is 0 Å². The summed E-state index contributed by atoms with van der Waals surface area (Å²) in [5, 5.41) is 12.4. The van der Waals surface area contributed by atoms with Gasteiger partial charge < -0.3 is 10.4 Å². The molecule has 4 nitrogen and oxygen atoms in total. The van der Waals surface area contributed by atoms with Crippen LogP contribution >= 0.6 is 35.0 Å². The molecule has 1 amide bonds. The Hall–Kier alpha value is -0.910. The summed E-state index contributed by atoms with van der Waals surface area (Å²) < 4.78 is 0. The number of aliphatic carboxylic acids is 1. The van der Waals surface area contributed by atoms with Crippen LogP contribution in [0.1, 0.15) is 13.3 Å². The van der Waals surface area contributed by atoms with E-state index in [9.17, 15) is 9.59 Å². The highest BCUT2D eigenvalue weighted by atomic mass is 35.5. The van der Waals surface area contributed by atoms with Crippen LogP contribution in [-0.2, 0) is 9.59 Å². The van der Waals surface area contributed by atoms with Gasteiger partial charge in [-0.05, 0) is 24.1 Å². The second-order valence-electron chi connectivity index (χ2n) is 4.37. The predicted octanol–water partition coefficient (Wildman–Crippen LogP) is 3.31. The molecule has 1 atom stereocenters. The number of carbonyl (C=O) groups is 2. The van der Waals surface area contributed by atoms with Crippen molar-refractivity contribution in [2.45, 2.75) is 18.2 Å². The van der Waals surface area contributed by atoms with Crippen molar-refractivity contribution in [3.8, 4) is 0 Å². The lowest BCUT2D eigenvalue weighted by Gasteiger charge is -2.10. The summed E-state index contributed by atoms with van der Waals surface area (Å²) in [4.78, 5) is 22.9. The molecule has 2 N–H and O–H groups in total. The zero-order chi connectivity index (χ0) is 15.1. The Kier molecular flexibility index (Phi) is 7.19. The van der Waals surface area contributed by atoms with Crippen molar-refractivity contribution in [1.29, 1.82) is 0 Å². The van der Waals surface area contributed by atoms with Crippen LogP contribution in [0.25, 0.3) is 0 Å². The monoisotopic (exact) mass is 335 g/mol. The van der Waals surface area contributed by atoms with Crippen molar-refractivity contribution in [2.24, 2.45) is 5.92 Å². The van der Waals surface area contributed by atoms with E-state index < -0.39 is 5.97 Å². The minimum atomic E-state index is -0.869. The van der Waals surface area contributed by atoms with E-state index in [4.69, 9.17) is 28.3 Å². The number of carboxylic acid groups (broad SMARTS) is 1. The molecule has 0 aromatic heterocycles. The van der Waals surface area contributed by atoms with Gasteiger partial charge >= 0.3 is 5.97 Å². The van der Waals surface area contributed by atoms with Crippen LogP contribution in [0.2, 0.25) is 10.0 Å². The predicted molar refractivity (Wildman–Crippen MR) is 81.6 cm³/mol. The number of amides is 1. The van der Waals surface area contributed by atoms with Crippen molar-refractivity contribution >= 4 is 46.8 Å². The lowest BCUT2D eigenvalue weighted by atomic mass is 10.1. The average molecular weight is 336 g/mol. The van der Waals surface area contributed by atoms with Crippen LogP contribution in [0.15, 0.2) is 23.1 Å². The summed E-state index contributed by atoms with van der Waals surface area (Å²) in [5.74, 6) is -0.925. The van der Waals surface area contributed by atoms with Gasteiger partial charge in [0.05, 0.1) is 10.8 Å². The molecule has 0 spiro atoms. The fraction of sp³-hybridized carbons (Fsp3) is 0.385. The Morgan fingerprint density at radius 2 is 2.10 bits per heavy atom. The first-order valence-electron chi connectivity index (χ1n) is 5.95. The van der Waals surface area contributed by atoms with Crippen molar-refractivity contribution in [1.82, 2.24) is 5.32 Å². The molecular formula is C13H15Cl2NO3S. The van der Waals surface area contributed by atoms with Crippen LogP contribution in [-0.4, -0.2) is 29.3 Å². The van der Waals surface area contributed by atoms with Gasteiger partial charge in [0.1, 0.15) is 0 Å². The van der Waals surface area contributed by atoms with E-state index in [1.165, 1.54) is 11.8 Å². The summed E-state index contributed by atoms with van der Waals surface area (Å²) in [5.41, 5.74) is 0. The molecule has 110 valence electrons. The smallest absolute Gasteiger partial charge is 0.303 e. The minimum absolute atomic E-state index is 0.0353. The number of carbonyl (C=O) groups excluding carboxylic acids is 1. The molecule has 1 aromatic carbocycles. The SMILES string of the molecule is CC(CNC(=O)CSc1cc(Cl)ccc1Cl)CC(=O)O. The highest BCUT2D eigenvalue weighted by molar-refractivity contribution is 8.00. The van der Waals surface area contributed by atoms with Crippen molar-refractivity contribution in [3.05, 3.63) is 28.2 Å².